The SMILES string of the molecule is CC(C)(C)OC(=O)N1CCC2(C=C(c3ccccc3C(F)(F)F)N=N2)CC1. The second-order valence-corrected chi connectivity index (χ2v) is 7.84. The number of likely N-dealkylation sites (tertiary alicyclic amines) is 1. The number of carbonyl (C=O) groups excluding carboxylic acids is 1. The lowest BCUT2D eigenvalue weighted by atomic mass is 9.87. The van der Waals surface area contributed by atoms with Crippen molar-refractivity contribution in [3.63, 3.8) is 0 Å². The smallest absolute Gasteiger partial charge is 0.417 e. The van der Waals surface area contributed by atoms with Gasteiger partial charge in [0.2, 0.25) is 0 Å². The molecule has 3 rings (SSSR count). The van der Waals surface area contributed by atoms with E-state index in [1.807, 2.05) is 0 Å². The van der Waals surface area contributed by atoms with Gasteiger partial charge in [-0.05, 0) is 45.8 Å². The number of amides is 1. The molecule has 1 fully saturated rings. The number of ether oxygens (including phenoxy) is 1. The third-order valence-electron chi connectivity index (χ3n) is 4.55. The Bertz CT molecular complexity index is 786. The topological polar surface area (TPSA) is 54.3 Å². The number of hydrogen-bond acceptors (Lipinski definition) is 4. The zero-order valence-electron chi connectivity index (χ0n) is 15.5. The molecule has 2 heterocycles. The van der Waals surface area contributed by atoms with Crippen molar-refractivity contribution in [2.75, 3.05) is 13.1 Å². The van der Waals surface area contributed by atoms with E-state index in [9.17, 15) is 18.0 Å². The van der Waals surface area contributed by atoms with Crippen LogP contribution in [0.5, 0.6) is 0 Å². The van der Waals surface area contributed by atoms with Crippen molar-refractivity contribution in [2.24, 2.45) is 10.2 Å². The van der Waals surface area contributed by atoms with Crippen molar-refractivity contribution in [3.05, 3.63) is 41.5 Å². The number of azo groups is 1. The minimum Gasteiger partial charge on any atom is -0.444 e. The molecular weight excluding hydrogens is 359 g/mol. The van der Waals surface area contributed by atoms with Crippen molar-refractivity contribution >= 4 is 11.8 Å². The van der Waals surface area contributed by atoms with Gasteiger partial charge in [-0.1, -0.05) is 18.2 Å². The highest BCUT2D eigenvalue weighted by Gasteiger charge is 2.40. The van der Waals surface area contributed by atoms with Crippen molar-refractivity contribution in [2.45, 2.75) is 50.9 Å². The number of benzene rings is 1. The molecule has 0 N–H and O–H groups in total. The van der Waals surface area contributed by atoms with Crippen molar-refractivity contribution in [1.82, 2.24) is 4.90 Å². The van der Waals surface area contributed by atoms with E-state index in [1.165, 1.54) is 12.1 Å². The highest BCUT2D eigenvalue weighted by molar-refractivity contribution is 5.71. The van der Waals surface area contributed by atoms with Crippen LogP contribution >= 0.6 is 0 Å². The fourth-order valence-electron chi connectivity index (χ4n) is 3.20. The number of halogens is 3. The number of carbonyl (C=O) groups is 1. The van der Waals surface area contributed by atoms with Crippen LogP contribution in [0.25, 0.3) is 5.70 Å². The summed E-state index contributed by atoms with van der Waals surface area (Å²) in [4.78, 5) is 13.8. The zero-order chi connectivity index (χ0) is 19.9. The maximum absolute atomic E-state index is 13.3. The lowest BCUT2D eigenvalue weighted by Crippen LogP contribution is -2.46. The number of hydrogen-bond donors (Lipinski definition) is 0. The largest absolute Gasteiger partial charge is 0.444 e. The van der Waals surface area contributed by atoms with Crippen LogP contribution in [0.4, 0.5) is 18.0 Å². The standard InChI is InChI=1S/C19H22F3N3O2/c1-17(2,3)27-16(26)25-10-8-18(9-11-25)12-15(23-24-18)13-6-4-5-7-14(13)19(20,21)22/h4-7,12H,8-11H2,1-3H3. The monoisotopic (exact) mass is 381 g/mol. The van der Waals surface area contributed by atoms with Gasteiger partial charge in [0.1, 0.15) is 11.1 Å². The molecule has 27 heavy (non-hydrogen) atoms. The molecule has 2 aliphatic heterocycles. The molecule has 5 nitrogen and oxygen atoms in total. The molecule has 1 spiro atoms. The van der Waals surface area contributed by atoms with Crippen molar-refractivity contribution < 1.29 is 22.7 Å². The molecule has 0 aromatic heterocycles. The predicted octanol–water partition coefficient (Wildman–Crippen LogP) is 5.28. The highest BCUT2D eigenvalue weighted by Crippen LogP contribution is 2.41. The van der Waals surface area contributed by atoms with E-state index in [1.54, 1.807) is 37.8 Å². The lowest BCUT2D eigenvalue weighted by molar-refractivity contribution is -0.137. The molecule has 1 saturated heterocycles. The Kier molecular flexibility index (Phi) is 4.78. The van der Waals surface area contributed by atoms with E-state index in [2.05, 4.69) is 10.2 Å². The maximum atomic E-state index is 13.3. The molecule has 0 bridgehead atoms. The zero-order valence-corrected chi connectivity index (χ0v) is 15.5. The first kappa shape index (κ1) is 19.4. The molecule has 1 amide bonds. The van der Waals surface area contributed by atoms with Crippen molar-refractivity contribution in [3.8, 4) is 0 Å². The van der Waals surface area contributed by atoms with Crippen LogP contribution in [-0.4, -0.2) is 35.2 Å². The van der Waals surface area contributed by atoms with Gasteiger partial charge in [-0.2, -0.15) is 23.4 Å². The molecule has 146 valence electrons. The van der Waals surface area contributed by atoms with Gasteiger partial charge in [0.15, 0.2) is 0 Å². The molecule has 0 aliphatic carbocycles. The summed E-state index contributed by atoms with van der Waals surface area (Å²) in [5.74, 6) is 0. The van der Waals surface area contributed by atoms with E-state index in [4.69, 9.17) is 4.74 Å². The summed E-state index contributed by atoms with van der Waals surface area (Å²) in [6, 6.07) is 5.36. The van der Waals surface area contributed by atoms with Crippen LogP contribution in [0.3, 0.4) is 0 Å². The van der Waals surface area contributed by atoms with Gasteiger partial charge in [-0.15, -0.1) is 0 Å². The van der Waals surface area contributed by atoms with Gasteiger partial charge in [0.05, 0.1) is 11.3 Å². The average molecular weight is 381 g/mol. The second kappa shape index (κ2) is 6.65. The Morgan fingerprint density at radius 3 is 2.37 bits per heavy atom. The highest BCUT2D eigenvalue weighted by atomic mass is 19.4. The first-order valence-corrected chi connectivity index (χ1v) is 8.79. The Morgan fingerprint density at radius 2 is 1.78 bits per heavy atom. The van der Waals surface area contributed by atoms with E-state index in [0.29, 0.717) is 25.9 Å². The maximum Gasteiger partial charge on any atom is 0.417 e. The van der Waals surface area contributed by atoms with Gasteiger partial charge in [-0.3, -0.25) is 0 Å². The molecule has 1 aromatic carbocycles. The van der Waals surface area contributed by atoms with Gasteiger partial charge in [0.25, 0.3) is 0 Å². The van der Waals surface area contributed by atoms with Gasteiger partial charge in [-0.25, -0.2) is 4.79 Å². The van der Waals surface area contributed by atoms with Crippen LogP contribution in [0.1, 0.15) is 44.7 Å². The van der Waals surface area contributed by atoms with E-state index < -0.39 is 22.9 Å². The number of alkyl halides is 3. The third kappa shape index (κ3) is 4.31. The lowest BCUT2D eigenvalue weighted by Gasteiger charge is -2.36. The number of rotatable bonds is 1. The summed E-state index contributed by atoms with van der Waals surface area (Å²) >= 11 is 0. The number of piperidine rings is 1. The third-order valence-corrected chi connectivity index (χ3v) is 4.55. The van der Waals surface area contributed by atoms with Gasteiger partial charge in [0, 0.05) is 18.7 Å². The normalized spacial score (nSPS) is 19.3. The molecule has 1 aromatic rings. The minimum atomic E-state index is -4.46. The van der Waals surface area contributed by atoms with Crippen LogP contribution in [0, 0.1) is 0 Å². The van der Waals surface area contributed by atoms with Gasteiger partial charge >= 0.3 is 12.3 Å². The summed E-state index contributed by atoms with van der Waals surface area (Å²) in [6.07, 6.45) is -2.16. The molecular formula is C19H22F3N3O2. The fraction of sp³-hybridized carbons (Fsp3) is 0.526. The summed E-state index contributed by atoms with van der Waals surface area (Å²) in [6.45, 7) is 6.23. The van der Waals surface area contributed by atoms with E-state index >= 15 is 0 Å². The summed E-state index contributed by atoms with van der Waals surface area (Å²) in [7, 11) is 0. The summed E-state index contributed by atoms with van der Waals surface area (Å²) < 4.78 is 45.1. The second-order valence-electron chi connectivity index (χ2n) is 7.84. The molecule has 2 aliphatic rings. The van der Waals surface area contributed by atoms with Crippen molar-refractivity contribution in [1.29, 1.82) is 0 Å². The van der Waals surface area contributed by atoms with Crippen LogP contribution in [0.15, 0.2) is 40.6 Å². The molecule has 0 saturated carbocycles. The van der Waals surface area contributed by atoms with Crippen LogP contribution in [0.2, 0.25) is 0 Å². The van der Waals surface area contributed by atoms with E-state index in [-0.39, 0.29) is 17.4 Å². The fourth-order valence-corrected chi connectivity index (χ4v) is 3.20. The number of nitrogens with zero attached hydrogens (tertiary/aromatic N) is 3. The Labute approximate surface area is 155 Å². The Morgan fingerprint density at radius 1 is 1.15 bits per heavy atom. The molecule has 0 radical (unpaired) electrons. The van der Waals surface area contributed by atoms with Crippen LogP contribution in [-0.2, 0) is 10.9 Å². The first-order valence-electron chi connectivity index (χ1n) is 8.79. The molecule has 0 atom stereocenters. The van der Waals surface area contributed by atoms with Gasteiger partial charge < -0.3 is 9.64 Å². The molecule has 8 heteroatoms. The molecule has 0 unspecified atom stereocenters. The minimum absolute atomic E-state index is 0.0280. The first-order chi connectivity index (χ1) is 12.5. The Balaban J connectivity index is 1.75. The van der Waals surface area contributed by atoms with Crippen LogP contribution < -0.4 is 0 Å². The quantitative estimate of drug-likeness (QED) is 0.664. The predicted molar refractivity (Wildman–Crippen MR) is 94.0 cm³/mol. The summed E-state index contributed by atoms with van der Waals surface area (Å²) in [5.41, 5.74) is -1.70. The van der Waals surface area contributed by atoms with E-state index in [0.717, 1.165) is 6.07 Å². The Hall–Kier alpha value is -2.38. The average Bonchev–Trinajstić information content (AvgIpc) is 2.97. The summed E-state index contributed by atoms with van der Waals surface area (Å²) in [5, 5.41) is 8.30.